The van der Waals surface area contributed by atoms with Gasteiger partial charge in [-0.1, -0.05) is 7.43 Å². The van der Waals surface area contributed by atoms with Gasteiger partial charge >= 0.3 is 0 Å². The zero-order chi connectivity index (χ0) is 11.6. The second-order valence-corrected chi connectivity index (χ2v) is 3.03. The van der Waals surface area contributed by atoms with Gasteiger partial charge in [0, 0.05) is 12.5 Å². The van der Waals surface area contributed by atoms with Crippen LogP contribution in [0.3, 0.4) is 0 Å². The van der Waals surface area contributed by atoms with Gasteiger partial charge in [-0.3, -0.25) is 14.9 Å². The van der Waals surface area contributed by atoms with Crippen molar-refractivity contribution in [2.24, 2.45) is 0 Å². The summed E-state index contributed by atoms with van der Waals surface area (Å²) in [6.45, 7) is 1.19. The molecule has 1 aromatic rings. The number of phenolic OH excluding ortho intramolecular Hbond substituents is 1. The Morgan fingerprint density at radius 3 is 2.56 bits per heavy atom. The van der Waals surface area contributed by atoms with Crippen molar-refractivity contribution in [3.63, 3.8) is 0 Å². The third kappa shape index (κ3) is 2.75. The van der Waals surface area contributed by atoms with Crippen LogP contribution < -0.4 is 0 Å². The number of halogens is 1. The molecule has 0 saturated heterocycles. The number of hydrogen-bond donors (Lipinski definition) is 1. The fourth-order valence-electron chi connectivity index (χ4n) is 1.19. The van der Waals surface area contributed by atoms with Crippen LogP contribution in [-0.2, 0) is 11.2 Å². The Bertz CT molecular complexity index is 431. The summed E-state index contributed by atoms with van der Waals surface area (Å²) in [7, 11) is 0. The number of nitro benzene ring substituents is 1. The maximum atomic E-state index is 13.3. The topological polar surface area (TPSA) is 80.4 Å². The van der Waals surface area contributed by atoms with Gasteiger partial charge in [-0.05, 0) is 13.0 Å². The lowest BCUT2D eigenvalue weighted by Crippen LogP contribution is -2.04. The third-order valence-electron chi connectivity index (χ3n) is 1.82. The molecule has 0 aliphatic rings. The number of phenols is 1. The van der Waals surface area contributed by atoms with Crippen molar-refractivity contribution in [2.45, 2.75) is 20.8 Å². The monoisotopic (exact) mass is 229 g/mol. The molecule has 0 saturated carbocycles. The molecule has 0 amide bonds. The highest BCUT2D eigenvalue weighted by Crippen LogP contribution is 2.28. The van der Waals surface area contributed by atoms with Crippen LogP contribution in [0, 0.1) is 15.9 Å². The molecule has 1 rings (SSSR count). The van der Waals surface area contributed by atoms with Gasteiger partial charge in [0.1, 0.15) is 5.78 Å². The number of rotatable bonds is 3. The van der Waals surface area contributed by atoms with Gasteiger partial charge in [0.25, 0.3) is 5.69 Å². The van der Waals surface area contributed by atoms with Gasteiger partial charge < -0.3 is 5.11 Å². The largest absolute Gasteiger partial charge is 0.505 e. The Labute approximate surface area is 91.7 Å². The lowest BCUT2D eigenvalue weighted by atomic mass is 10.1. The van der Waals surface area contributed by atoms with Crippen LogP contribution in [0.4, 0.5) is 10.1 Å². The summed E-state index contributed by atoms with van der Waals surface area (Å²) in [6, 6.07) is 1.85. The first-order valence-corrected chi connectivity index (χ1v) is 4.07. The number of Topliss-reactive ketones (excluding diaryl/α,β-unsaturated/α-hetero) is 1. The zero-order valence-corrected chi connectivity index (χ0v) is 7.86. The number of nitro groups is 1. The summed E-state index contributed by atoms with van der Waals surface area (Å²) >= 11 is 0. The van der Waals surface area contributed by atoms with E-state index in [0.717, 1.165) is 12.1 Å². The molecule has 16 heavy (non-hydrogen) atoms. The van der Waals surface area contributed by atoms with Crippen LogP contribution in [0.5, 0.6) is 5.75 Å². The quantitative estimate of drug-likeness (QED) is 0.636. The molecule has 1 aromatic carbocycles. The molecule has 0 spiro atoms. The molecule has 0 radical (unpaired) electrons. The molecule has 6 heteroatoms. The van der Waals surface area contributed by atoms with Crippen LogP contribution in [0.1, 0.15) is 19.9 Å². The van der Waals surface area contributed by atoms with Crippen LogP contribution in [-0.4, -0.2) is 15.8 Å². The number of carbonyl (C=O) groups excluding carboxylic acids is 1. The zero-order valence-electron chi connectivity index (χ0n) is 7.86. The van der Waals surface area contributed by atoms with Crippen molar-refractivity contribution in [3.8, 4) is 5.75 Å². The first-order valence-electron chi connectivity index (χ1n) is 4.07. The van der Waals surface area contributed by atoms with Crippen LogP contribution >= 0.6 is 0 Å². The number of ketones is 1. The highest BCUT2D eigenvalue weighted by molar-refractivity contribution is 5.79. The molecule has 0 unspecified atom stereocenters. The fourth-order valence-corrected chi connectivity index (χ4v) is 1.19. The third-order valence-corrected chi connectivity index (χ3v) is 1.82. The number of aromatic hydroxyl groups is 1. The predicted molar refractivity (Wildman–Crippen MR) is 55.8 cm³/mol. The minimum absolute atomic E-state index is 0. The van der Waals surface area contributed by atoms with E-state index in [1.165, 1.54) is 6.92 Å². The summed E-state index contributed by atoms with van der Waals surface area (Å²) in [6.07, 6.45) is -0.406. The summed E-state index contributed by atoms with van der Waals surface area (Å²) in [5.74, 6) is -2.22. The van der Waals surface area contributed by atoms with Gasteiger partial charge in [-0.25, -0.2) is 4.39 Å². The molecule has 0 aromatic heterocycles. The van der Waals surface area contributed by atoms with E-state index in [2.05, 4.69) is 0 Å². The predicted octanol–water partition coefficient (Wildman–Crippen LogP) is 2.21. The Hall–Kier alpha value is -1.98. The maximum Gasteiger partial charge on any atom is 0.276 e. The Balaban J connectivity index is 0.00000225. The van der Waals surface area contributed by atoms with Crippen molar-refractivity contribution < 1.29 is 19.2 Å². The Morgan fingerprint density at radius 2 is 2.12 bits per heavy atom. The van der Waals surface area contributed by atoms with Crippen molar-refractivity contribution in [2.75, 3.05) is 0 Å². The van der Waals surface area contributed by atoms with Crippen molar-refractivity contribution in [3.05, 3.63) is 33.6 Å². The van der Waals surface area contributed by atoms with Gasteiger partial charge in [0.2, 0.25) is 0 Å². The van der Waals surface area contributed by atoms with E-state index in [-0.39, 0.29) is 13.0 Å². The van der Waals surface area contributed by atoms with Gasteiger partial charge in [0.05, 0.1) is 10.5 Å². The van der Waals surface area contributed by atoms with E-state index in [1.54, 1.807) is 0 Å². The molecular formula is C10H12FNO4. The Kier molecular flexibility index (Phi) is 4.56. The van der Waals surface area contributed by atoms with E-state index in [1.807, 2.05) is 0 Å². The molecule has 5 nitrogen and oxygen atoms in total. The van der Waals surface area contributed by atoms with Crippen LogP contribution in [0.2, 0.25) is 0 Å². The van der Waals surface area contributed by atoms with Gasteiger partial charge in [-0.15, -0.1) is 0 Å². The lowest BCUT2D eigenvalue weighted by Gasteiger charge is -2.03. The SMILES string of the molecule is C.CC(=O)Cc1c([N+](=O)[O-])ccc(O)c1F. The standard InChI is InChI=1S/C9H8FNO4.CH4/c1-5(12)4-6-7(11(14)15)2-3-8(13)9(6)10;/h2-3,13H,4H2,1H3;1H4. The molecule has 0 aliphatic heterocycles. The summed E-state index contributed by atoms with van der Waals surface area (Å²) < 4.78 is 13.3. The van der Waals surface area contributed by atoms with Crippen molar-refractivity contribution in [1.29, 1.82) is 0 Å². The summed E-state index contributed by atoms with van der Waals surface area (Å²) in [5, 5.41) is 19.5. The second-order valence-electron chi connectivity index (χ2n) is 3.03. The average Bonchev–Trinajstić information content (AvgIpc) is 2.12. The minimum Gasteiger partial charge on any atom is -0.505 e. The molecule has 0 bridgehead atoms. The van der Waals surface area contributed by atoms with E-state index in [4.69, 9.17) is 5.11 Å². The molecule has 0 atom stereocenters. The van der Waals surface area contributed by atoms with Gasteiger partial charge in [0.15, 0.2) is 11.6 Å². The lowest BCUT2D eigenvalue weighted by molar-refractivity contribution is -0.385. The summed E-state index contributed by atoms with van der Waals surface area (Å²) in [5.41, 5.74) is -0.881. The van der Waals surface area contributed by atoms with E-state index < -0.39 is 34.4 Å². The first-order chi connectivity index (χ1) is 6.93. The van der Waals surface area contributed by atoms with E-state index in [9.17, 15) is 19.3 Å². The van der Waals surface area contributed by atoms with Gasteiger partial charge in [-0.2, -0.15) is 0 Å². The smallest absolute Gasteiger partial charge is 0.276 e. The van der Waals surface area contributed by atoms with Crippen LogP contribution in [0.25, 0.3) is 0 Å². The number of benzene rings is 1. The van der Waals surface area contributed by atoms with Crippen molar-refractivity contribution in [1.82, 2.24) is 0 Å². The highest BCUT2D eigenvalue weighted by atomic mass is 19.1. The maximum absolute atomic E-state index is 13.3. The number of nitrogens with zero attached hydrogens (tertiary/aromatic N) is 1. The van der Waals surface area contributed by atoms with Crippen molar-refractivity contribution >= 4 is 11.5 Å². The molecule has 88 valence electrons. The fraction of sp³-hybridized carbons (Fsp3) is 0.300. The molecular weight excluding hydrogens is 217 g/mol. The highest BCUT2D eigenvalue weighted by Gasteiger charge is 2.21. The second kappa shape index (κ2) is 5.20. The number of hydrogen-bond acceptors (Lipinski definition) is 4. The molecule has 0 heterocycles. The molecule has 1 N–H and O–H groups in total. The van der Waals surface area contributed by atoms with Crippen LogP contribution in [0.15, 0.2) is 12.1 Å². The molecule has 0 aliphatic carbocycles. The first kappa shape index (κ1) is 14.0. The van der Waals surface area contributed by atoms with E-state index >= 15 is 0 Å². The normalized spacial score (nSPS) is 9.38. The average molecular weight is 229 g/mol. The number of carbonyl (C=O) groups is 1. The summed E-state index contributed by atoms with van der Waals surface area (Å²) in [4.78, 5) is 20.5. The Morgan fingerprint density at radius 1 is 1.56 bits per heavy atom. The minimum atomic E-state index is -1.11. The van der Waals surface area contributed by atoms with E-state index in [0.29, 0.717) is 0 Å². The molecule has 0 fully saturated rings.